The van der Waals surface area contributed by atoms with Crippen LogP contribution >= 0.6 is 0 Å². The number of hydrogen-bond acceptors (Lipinski definition) is 2. The minimum Gasteiger partial charge on any atom is -0.479 e. The molecule has 5 heteroatoms. The Kier molecular flexibility index (Phi) is 3.17. The highest BCUT2D eigenvalue weighted by Gasteiger charge is 2.21. The standard InChI is InChI=1S/C9H8FNO3/c10-7-4-2-1-3-6(7)8(9(13)14)11-5-12/h1-5,8H,(H,11,12)(H,13,14)/t8-/m1/s1. The van der Waals surface area contributed by atoms with Crippen LogP contribution in [-0.2, 0) is 9.59 Å². The van der Waals surface area contributed by atoms with Crippen molar-refractivity contribution < 1.29 is 19.1 Å². The molecule has 2 N–H and O–H groups in total. The number of nitrogens with one attached hydrogen (secondary N) is 1. The molecule has 1 rings (SSSR count). The highest BCUT2D eigenvalue weighted by molar-refractivity contribution is 5.78. The number of carbonyl (C=O) groups excluding carboxylic acids is 1. The Morgan fingerprint density at radius 3 is 2.64 bits per heavy atom. The maximum atomic E-state index is 13.1. The number of aliphatic carboxylic acids is 1. The van der Waals surface area contributed by atoms with Gasteiger partial charge < -0.3 is 10.4 Å². The summed E-state index contributed by atoms with van der Waals surface area (Å²) in [7, 11) is 0. The van der Waals surface area contributed by atoms with E-state index in [4.69, 9.17) is 5.11 Å². The zero-order valence-electron chi connectivity index (χ0n) is 7.11. The first kappa shape index (κ1) is 10.2. The number of halogens is 1. The lowest BCUT2D eigenvalue weighted by Gasteiger charge is -2.11. The smallest absolute Gasteiger partial charge is 0.331 e. The van der Waals surface area contributed by atoms with Crippen LogP contribution in [0.5, 0.6) is 0 Å². The summed E-state index contributed by atoms with van der Waals surface area (Å²) in [4.78, 5) is 20.8. The molecule has 0 fully saturated rings. The SMILES string of the molecule is O=CN[C@@H](C(=O)O)c1ccccc1F. The van der Waals surface area contributed by atoms with Gasteiger partial charge in [0.05, 0.1) is 0 Å². The average Bonchev–Trinajstić information content (AvgIpc) is 2.15. The van der Waals surface area contributed by atoms with Gasteiger partial charge in [-0.25, -0.2) is 9.18 Å². The fraction of sp³-hybridized carbons (Fsp3) is 0.111. The van der Waals surface area contributed by atoms with Crippen molar-refractivity contribution in [3.05, 3.63) is 35.6 Å². The third-order valence-corrected chi connectivity index (χ3v) is 1.70. The summed E-state index contributed by atoms with van der Waals surface area (Å²) in [5.74, 6) is -1.96. The second-order valence-corrected chi connectivity index (χ2v) is 2.58. The molecule has 14 heavy (non-hydrogen) atoms. The van der Waals surface area contributed by atoms with E-state index >= 15 is 0 Å². The van der Waals surface area contributed by atoms with Gasteiger partial charge in [-0.1, -0.05) is 18.2 Å². The van der Waals surface area contributed by atoms with Gasteiger partial charge in [-0.15, -0.1) is 0 Å². The Labute approximate surface area is 79.4 Å². The molecule has 0 aliphatic heterocycles. The molecule has 1 atom stereocenters. The third-order valence-electron chi connectivity index (χ3n) is 1.70. The zero-order chi connectivity index (χ0) is 10.6. The molecule has 0 heterocycles. The van der Waals surface area contributed by atoms with Gasteiger partial charge in [-0.05, 0) is 6.07 Å². The number of hydrogen-bond donors (Lipinski definition) is 2. The van der Waals surface area contributed by atoms with Crippen molar-refractivity contribution in [1.29, 1.82) is 0 Å². The van der Waals surface area contributed by atoms with E-state index in [1.807, 2.05) is 5.32 Å². The van der Waals surface area contributed by atoms with Gasteiger partial charge in [-0.3, -0.25) is 4.79 Å². The normalized spacial score (nSPS) is 11.8. The van der Waals surface area contributed by atoms with Gasteiger partial charge in [-0.2, -0.15) is 0 Å². The van der Waals surface area contributed by atoms with Crippen molar-refractivity contribution in [1.82, 2.24) is 5.32 Å². The van der Waals surface area contributed by atoms with Gasteiger partial charge in [0, 0.05) is 5.56 Å². The molecule has 0 aromatic heterocycles. The van der Waals surface area contributed by atoms with Crippen LogP contribution in [0.4, 0.5) is 4.39 Å². The molecule has 0 saturated heterocycles. The molecular weight excluding hydrogens is 189 g/mol. The van der Waals surface area contributed by atoms with E-state index in [0.717, 1.165) is 6.07 Å². The van der Waals surface area contributed by atoms with Crippen molar-refractivity contribution in [2.24, 2.45) is 0 Å². The number of carboxylic acids is 1. The van der Waals surface area contributed by atoms with E-state index in [-0.39, 0.29) is 12.0 Å². The number of amides is 1. The predicted molar refractivity (Wildman–Crippen MR) is 46.0 cm³/mol. The Morgan fingerprint density at radius 1 is 1.50 bits per heavy atom. The number of carbonyl (C=O) groups is 2. The molecule has 1 aromatic carbocycles. The summed E-state index contributed by atoms with van der Waals surface area (Å²) < 4.78 is 13.1. The fourth-order valence-corrected chi connectivity index (χ4v) is 1.07. The zero-order valence-corrected chi connectivity index (χ0v) is 7.11. The highest BCUT2D eigenvalue weighted by Crippen LogP contribution is 2.16. The van der Waals surface area contributed by atoms with Crippen molar-refractivity contribution in [2.45, 2.75) is 6.04 Å². The first-order chi connectivity index (χ1) is 6.66. The van der Waals surface area contributed by atoms with Gasteiger partial charge in [0.1, 0.15) is 5.82 Å². The summed E-state index contributed by atoms with van der Waals surface area (Å²) in [6.07, 6.45) is 0.227. The lowest BCUT2D eigenvalue weighted by Crippen LogP contribution is -2.28. The minimum atomic E-state index is -1.34. The summed E-state index contributed by atoms with van der Waals surface area (Å²) in [6, 6.07) is 4.05. The third kappa shape index (κ3) is 2.07. The fourth-order valence-electron chi connectivity index (χ4n) is 1.07. The Morgan fingerprint density at radius 2 is 2.14 bits per heavy atom. The summed E-state index contributed by atoms with van der Waals surface area (Å²) in [5.41, 5.74) is -0.0629. The van der Waals surface area contributed by atoms with E-state index in [2.05, 4.69) is 0 Å². The van der Waals surface area contributed by atoms with Gasteiger partial charge in [0.25, 0.3) is 0 Å². The van der Waals surface area contributed by atoms with Gasteiger partial charge in [0.2, 0.25) is 6.41 Å². The van der Waals surface area contributed by atoms with Crippen LogP contribution in [0.25, 0.3) is 0 Å². The molecule has 0 spiro atoms. The summed E-state index contributed by atoms with van der Waals surface area (Å²) in [5, 5.41) is 10.7. The topological polar surface area (TPSA) is 66.4 Å². The first-order valence-electron chi connectivity index (χ1n) is 3.83. The molecule has 4 nitrogen and oxygen atoms in total. The van der Waals surface area contributed by atoms with E-state index in [1.165, 1.54) is 18.2 Å². The summed E-state index contributed by atoms with van der Waals surface area (Å²) in [6.45, 7) is 0. The van der Waals surface area contributed by atoms with Crippen LogP contribution in [0.1, 0.15) is 11.6 Å². The molecule has 1 aromatic rings. The quantitative estimate of drug-likeness (QED) is 0.698. The number of carboxylic acid groups (broad SMARTS) is 1. The largest absolute Gasteiger partial charge is 0.479 e. The molecular formula is C9H8FNO3. The minimum absolute atomic E-state index is 0.0629. The molecule has 0 aliphatic carbocycles. The molecule has 0 saturated carbocycles. The monoisotopic (exact) mass is 197 g/mol. The Balaban J connectivity index is 3.04. The molecule has 0 bridgehead atoms. The van der Waals surface area contributed by atoms with Crippen LogP contribution < -0.4 is 5.32 Å². The van der Waals surface area contributed by atoms with Crippen LogP contribution in [0.15, 0.2) is 24.3 Å². The van der Waals surface area contributed by atoms with Crippen LogP contribution in [0.3, 0.4) is 0 Å². The van der Waals surface area contributed by atoms with E-state index in [9.17, 15) is 14.0 Å². The van der Waals surface area contributed by atoms with Crippen LogP contribution in [0.2, 0.25) is 0 Å². The van der Waals surface area contributed by atoms with Crippen molar-refractivity contribution in [3.63, 3.8) is 0 Å². The van der Waals surface area contributed by atoms with Crippen LogP contribution in [0, 0.1) is 5.82 Å². The molecule has 0 aliphatic rings. The lowest BCUT2D eigenvalue weighted by atomic mass is 10.1. The first-order valence-corrected chi connectivity index (χ1v) is 3.83. The maximum Gasteiger partial charge on any atom is 0.331 e. The predicted octanol–water partition coefficient (Wildman–Crippen LogP) is 0.697. The van der Waals surface area contributed by atoms with Crippen molar-refractivity contribution in [3.8, 4) is 0 Å². The Bertz CT molecular complexity index is 354. The highest BCUT2D eigenvalue weighted by atomic mass is 19.1. The Hall–Kier alpha value is -1.91. The molecule has 0 radical (unpaired) electrons. The van der Waals surface area contributed by atoms with Gasteiger partial charge in [0.15, 0.2) is 6.04 Å². The van der Waals surface area contributed by atoms with Crippen LogP contribution in [-0.4, -0.2) is 17.5 Å². The maximum absolute atomic E-state index is 13.1. The van der Waals surface area contributed by atoms with Crippen molar-refractivity contribution >= 4 is 12.4 Å². The second-order valence-electron chi connectivity index (χ2n) is 2.58. The van der Waals surface area contributed by atoms with E-state index < -0.39 is 17.8 Å². The molecule has 1 amide bonds. The molecule has 0 unspecified atom stereocenters. The molecule has 74 valence electrons. The van der Waals surface area contributed by atoms with E-state index in [1.54, 1.807) is 0 Å². The van der Waals surface area contributed by atoms with Gasteiger partial charge >= 0.3 is 5.97 Å². The average molecular weight is 197 g/mol. The van der Waals surface area contributed by atoms with E-state index in [0.29, 0.717) is 0 Å². The lowest BCUT2D eigenvalue weighted by molar-refractivity contribution is -0.140. The second kappa shape index (κ2) is 4.36. The van der Waals surface area contributed by atoms with Crippen molar-refractivity contribution in [2.75, 3.05) is 0 Å². The summed E-state index contributed by atoms with van der Waals surface area (Å²) >= 11 is 0. The number of benzene rings is 1. The number of rotatable bonds is 4.